The molecule has 1 aliphatic carbocycles. The van der Waals surface area contributed by atoms with Gasteiger partial charge < -0.3 is 9.26 Å². The number of nitro groups is 1. The summed E-state index contributed by atoms with van der Waals surface area (Å²) in [7, 11) is 0. The van der Waals surface area contributed by atoms with Crippen molar-refractivity contribution >= 4 is 34.6 Å². The number of thiophene rings is 1. The topological polar surface area (TPSA) is 130 Å². The first-order chi connectivity index (χ1) is 16.0. The molecular weight excluding hydrogens is 448 g/mol. The standard InChI is InChI=1S/C23H12N2O7S/c26-21-13-4-1-2-5-14(13)22(27)19-15(21)7-8-16(20(19)25(29)30)23(28)31-11-12-10-17(32-24-12)18-6-3-9-33-18/h1-10H,11H2. The van der Waals surface area contributed by atoms with Crippen LogP contribution in [0.15, 0.2) is 64.5 Å². The monoisotopic (exact) mass is 460 g/mol. The molecule has 0 aliphatic heterocycles. The van der Waals surface area contributed by atoms with Gasteiger partial charge >= 0.3 is 5.97 Å². The highest BCUT2D eigenvalue weighted by Gasteiger charge is 2.39. The molecule has 0 saturated heterocycles. The number of esters is 1. The van der Waals surface area contributed by atoms with Crippen LogP contribution in [0, 0.1) is 10.1 Å². The van der Waals surface area contributed by atoms with Gasteiger partial charge in [-0.05, 0) is 23.6 Å². The fourth-order valence-corrected chi connectivity index (χ4v) is 4.33. The zero-order chi connectivity index (χ0) is 23.1. The van der Waals surface area contributed by atoms with E-state index in [1.54, 1.807) is 18.2 Å². The zero-order valence-corrected chi connectivity index (χ0v) is 17.5. The number of ether oxygens (including phenoxy) is 1. The number of nitro benzene ring substituents is 1. The zero-order valence-electron chi connectivity index (χ0n) is 16.6. The predicted octanol–water partition coefficient (Wildman–Crippen LogP) is 4.44. The average Bonchev–Trinajstić information content (AvgIpc) is 3.52. The van der Waals surface area contributed by atoms with Crippen molar-refractivity contribution in [1.29, 1.82) is 0 Å². The van der Waals surface area contributed by atoms with Gasteiger partial charge in [-0.3, -0.25) is 19.7 Å². The van der Waals surface area contributed by atoms with E-state index in [9.17, 15) is 24.5 Å². The Hall–Kier alpha value is -4.44. The summed E-state index contributed by atoms with van der Waals surface area (Å²) >= 11 is 1.45. The largest absolute Gasteiger partial charge is 0.455 e. The first kappa shape index (κ1) is 20.5. The summed E-state index contributed by atoms with van der Waals surface area (Å²) in [4.78, 5) is 50.4. The Labute approximate surface area is 189 Å². The average molecular weight is 460 g/mol. The molecule has 10 heteroatoms. The highest BCUT2D eigenvalue weighted by molar-refractivity contribution is 7.13. The van der Waals surface area contributed by atoms with Gasteiger partial charge in [0.1, 0.15) is 23.4 Å². The van der Waals surface area contributed by atoms with Crippen LogP contribution in [0.4, 0.5) is 5.69 Å². The third kappa shape index (κ3) is 3.42. The van der Waals surface area contributed by atoms with Gasteiger partial charge in [0.15, 0.2) is 11.5 Å². The van der Waals surface area contributed by atoms with Crippen molar-refractivity contribution < 1.29 is 28.6 Å². The first-order valence-corrected chi connectivity index (χ1v) is 10.5. The highest BCUT2D eigenvalue weighted by atomic mass is 32.1. The minimum atomic E-state index is -1.02. The molecule has 0 amide bonds. The summed E-state index contributed by atoms with van der Waals surface area (Å²) in [6.45, 7) is -0.294. The maximum absolute atomic E-state index is 13.0. The van der Waals surface area contributed by atoms with Crippen LogP contribution in [0.1, 0.15) is 47.9 Å². The van der Waals surface area contributed by atoms with Crippen molar-refractivity contribution in [3.63, 3.8) is 0 Å². The van der Waals surface area contributed by atoms with E-state index < -0.39 is 39.3 Å². The lowest BCUT2D eigenvalue weighted by atomic mass is 9.82. The number of hydrogen-bond acceptors (Lipinski definition) is 9. The third-order valence-corrected chi connectivity index (χ3v) is 6.03. The van der Waals surface area contributed by atoms with E-state index in [1.165, 1.54) is 29.5 Å². The van der Waals surface area contributed by atoms with Crippen LogP contribution >= 0.6 is 11.3 Å². The summed E-state index contributed by atoms with van der Waals surface area (Å²) in [5.74, 6) is -1.74. The number of carbonyl (C=O) groups is 3. The molecule has 0 atom stereocenters. The second kappa shape index (κ2) is 7.92. The molecule has 4 aromatic rings. The smallest absolute Gasteiger partial charge is 0.345 e. The van der Waals surface area contributed by atoms with Crippen LogP contribution in [0.2, 0.25) is 0 Å². The fraction of sp³-hybridized carbons (Fsp3) is 0.0435. The molecule has 33 heavy (non-hydrogen) atoms. The Bertz CT molecular complexity index is 1450. The number of fused-ring (bicyclic) bond motifs is 2. The minimum absolute atomic E-state index is 0.0484. The molecular formula is C23H12N2O7S. The fourth-order valence-electron chi connectivity index (χ4n) is 3.66. The summed E-state index contributed by atoms with van der Waals surface area (Å²) in [6, 6.07) is 13.7. The van der Waals surface area contributed by atoms with E-state index in [-0.39, 0.29) is 23.3 Å². The SMILES string of the molecule is O=C1c2ccccc2C(=O)c2c1ccc(C(=O)OCc1cc(-c3cccs3)on1)c2[N+](=O)[O-]. The Balaban J connectivity index is 1.46. The summed E-state index contributed by atoms with van der Waals surface area (Å²) in [5.41, 5.74) is -1.21. The van der Waals surface area contributed by atoms with E-state index in [4.69, 9.17) is 9.26 Å². The van der Waals surface area contributed by atoms with E-state index in [2.05, 4.69) is 5.16 Å². The van der Waals surface area contributed by atoms with Gasteiger partial charge in [0.05, 0.1) is 9.80 Å². The van der Waals surface area contributed by atoms with Gasteiger partial charge in [-0.1, -0.05) is 35.5 Å². The van der Waals surface area contributed by atoms with Crippen LogP contribution in [0.5, 0.6) is 0 Å². The van der Waals surface area contributed by atoms with Crippen LogP contribution in [-0.4, -0.2) is 27.6 Å². The van der Waals surface area contributed by atoms with Crippen molar-refractivity contribution in [3.05, 3.63) is 104 Å². The van der Waals surface area contributed by atoms with E-state index >= 15 is 0 Å². The predicted molar refractivity (Wildman–Crippen MR) is 115 cm³/mol. The number of rotatable bonds is 5. The number of carbonyl (C=O) groups excluding carboxylic acids is 3. The van der Waals surface area contributed by atoms with Gasteiger partial charge in [0.2, 0.25) is 5.78 Å². The second-order valence-corrected chi connectivity index (χ2v) is 8.03. The van der Waals surface area contributed by atoms with E-state index in [0.717, 1.165) is 10.9 Å². The lowest BCUT2D eigenvalue weighted by Gasteiger charge is -2.18. The second-order valence-electron chi connectivity index (χ2n) is 7.08. The van der Waals surface area contributed by atoms with Gasteiger partial charge in [-0.2, -0.15) is 0 Å². The molecule has 9 nitrogen and oxygen atoms in total. The van der Waals surface area contributed by atoms with Crippen LogP contribution < -0.4 is 0 Å². The summed E-state index contributed by atoms with van der Waals surface area (Å²) in [5, 5.41) is 17.6. The minimum Gasteiger partial charge on any atom is -0.455 e. The molecule has 0 N–H and O–H groups in total. The third-order valence-electron chi connectivity index (χ3n) is 5.14. The van der Waals surface area contributed by atoms with Crippen LogP contribution in [-0.2, 0) is 11.3 Å². The molecule has 0 spiro atoms. The van der Waals surface area contributed by atoms with Gasteiger partial charge in [0.25, 0.3) is 5.69 Å². The number of hydrogen-bond donors (Lipinski definition) is 0. The molecule has 0 fully saturated rings. The first-order valence-electron chi connectivity index (χ1n) is 9.62. The Morgan fingerprint density at radius 3 is 2.48 bits per heavy atom. The summed E-state index contributed by atoms with van der Waals surface area (Å²) in [6.07, 6.45) is 0. The highest BCUT2D eigenvalue weighted by Crippen LogP contribution is 2.36. The van der Waals surface area contributed by atoms with Crippen LogP contribution in [0.3, 0.4) is 0 Å². The summed E-state index contributed by atoms with van der Waals surface area (Å²) < 4.78 is 10.4. The van der Waals surface area contributed by atoms with Crippen molar-refractivity contribution in [2.45, 2.75) is 6.61 Å². The Morgan fingerprint density at radius 2 is 1.79 bits per heavy atom. The van der Waals surface area contributed by atoms with Gasteiger partial charge in [-0.25, -0.2) is 4.79 Å². The number of benzene rings is 2. The molecule has 2 aromatic heterocycles. The molecule has 0 bridgehead atoms. The quantitative estimate of drug-likeness (QED) is 0.214. The maximum Gasteiger partial charge on any atom is 0.345 e. The van der Waals surface area contributed by atoms with Crippen molar-refractivity contribution in [2.75, 3.05) is 0 Å². The molecule has 0 unspecified atom stereocenters. The molecule has 162 valence electrons. The van der Waals surface area contributed by atoms with Gasteiger partial charge in [0, 0.05) is 22.8 Å². The number of aromatic nitrogens is 1. The van der Waals surface area contributed by atoms with E-state index in [1.807, 2.05) is 17.5 Å². The number of ketones is 2. The van der Waals surface area contributed by atoms with Crippen molar-refractivity contribution in [3.8, 4) is 10.6 Å². The normalized spacial score (nSPS) is 12.2. The molecule has 2 heterocycles. The Kier molecular flexibility index (Phi) is 4.91. The van der Waals surface area contributed by atoms with Crippen molar-refractivity contribution in [1.82, 2.24) is 5.16 Å². The van der Waals surface area contributed by atoms with Crippen LogP contribution in [0.25, 0.3) is 10.6 Å². The molecule has 0 radical (unpaired) electrons. The lowest BCUT2D eigenvalue weighted by Crippen LogP contribution is -2.23. The Morgan fingerprint density at radius 1 is 1.03 bits per heavy atom. The van der Waals surface area contributed by atoms with E-state index in [0.29, 0.717) is 11.5 Å². The maximum atomic E-state index is 13.0. The molecule has 1 aliphatic rings. The molecule has 0 saturated carbocycles. The molecule has 2 aromatic carbocycles. The number of nitrogens with zero attached hydrogens (tertiary/aromatic N) is 2. The van der Waals surface area contributed by atoms with Crippen molar-refractivity contribution in [2.24, 2.45) is 0 Å². The lowest BCUT2D eigenvalue weighted by molar-refractivity contribution is -0.385. The van der Waals surface area contributed by atoms with Gasteiger partial charge in [-0.15, -0.1) is 11.3 Å². The molecule has 5 rings (SSSR count).